The first-order valence-corrected chi connectivity index (χ1v) is 9.41. The van der Waals surface area contributed by atoms with Gasteiger partial charge in [0.15, 0.2) is 0 Å². The number of hydrogen-bond acceptors (Lipinski definition) is 5. The van der Waals surface area contributed by atoms with Crippen molar-refractivity contribution in [2.24, 2.45) is 0 Å². The number of morpholine rings is 1. The van der Waals surface area contributed by atoms with Crippen LogP contribution < -0.4 is 5.32 Å². The minimum atomic E-state index is -0.326. The molecule has 0 radical (unpaired) electrons. The molecule has 0 unspecified atom stereocenters. The summed E-state index contributed by atoms with van der Waals surface area (Å²) in [5.41, 5.74) is 2.50. The summed E-state index contributed by atoms with van der Waals surface area (Å²) >= 11 is 0. The molecule has 1 amide bonds. The Bertz CT molecular complexity index is 1010. The fourth-order valence-corrected chi connectivity index (χ4v) is 3.35. The van der Waals surface area contributed by atoms with Crippen LogP contribution in [0.2, 0.25) is 0 Å². The van der Waals surface area contributed by atoms with Gasteiger partial charge in [0.2, 0.25) is 0 Å². The summed E-state index contributed by atoms with van der Waals surface area (Å²) in [6, 6.07) is 13.7. The Morgan fingerprint density at radius 2 is 2.07 bits per heavy atom. The monoisotopic (exact) mass is 392 g/mol. The highest BCUT2D eigenvalue weighted by molar-refractivity contribution is 5.94. The number of anilines is 1. The van der Waals surface area contributed by atoms with Gasteiger partial charge in [0.05, 0.1) is 18.8 Å². The largest absolute Gasteiger partial charge is 0.373 e. The molecule has 6 nitrogen and oxygen atoms in total. The molecule has 0 aliphatic carbocycles. The van der Waals surface area contributed by atoms with Crippen LogP contribution in [-0.4, -0.2) is 47.5 Å². The van der Waals surface area contributed by atoms with Crippen molar-refractivity contribution in [1.82, 2.24) is 14.9 Å². The number of nitrogens with one attached hydrogen (secondary N) is 1. The first-order valence-electron chi connectivity index (χ1n) is 9.41. The Hall–Kier alpha value is -3.32. The second-order valence-corrected chi connectivity index (χ2v) is 6.74. The maximum Gasteiger partial charge on any atom is 0.254 e. The third-order valence-corrected chi connectivity index (χ3v) is 4.92. The van der Waals surface area contributed by atoms with Gasteiger partial charge < -0.3 is 15.0 Å². The minimum absolute atomic E-state index is 0.0693. The van der Waals surface area contributed by atoms with Crippen molar-refractivity contribution in [1.29, 1.82) is 0 Å². The summed E-state index contributed by atoms with van der Waals surface area (Å²) in [5, 5.41) is 2.94. The van der Waals surface area contributed by atoms with Gasteiger partial charge >= 0.3 is 0 Å². The van der Waals surface area contributed by atoms with Crippen molar-refractivity contribution in [2.45, 2.75) is 6.10 Å². The van der Waals surface area contributed by atoms with Gasteiger partial charge in [0.25, 0.3) is 5.91 Å². The van der Waals surface area contributed by atoms with E-state index in [1.165, 1.54) is 6.07 Å². The van der Waals surface area contributed by atoms with Crippen LogP contribution >= 0.6 is 0 Å². The minimum Gasteiger partial charge on any atom is -0.373 e. The molecule has 1 aliphatic heterocycles. The lowest BCUT2D eigenvalue weighted by Gasteiger charge is -2.32. The first kappa shape index (κ1) is 19.0. The third-order valence-electron chi connectivity index (χ3n) is 4.92. The van der Waals surface area contributed by atoms with Crippen molar-refractivity contribution in [3.05, 3.63) is 78.0 Å². The highest BCUT2D eigenvalue weighted by Gasteiger charge is 2.27. The number of ether oxygens (including phenoxy) is 1. The Morgan fingerprint density at radius 1 is 1.21 bits per heavy atom. The molecule has 3 aromatic rings. The average Bonchev–Trinajstić information content (AvgIpc) is 2.79. The third kappa shape index (κ3) is 4.09. The van der Waals surface area contributed by atoms with Gasteiger partial charge in [0.1, 0.15) is 17.7 Å². The number of aromatic nitrogens is 2. The number of hydrogen-bond donors (Lipinski definition) is 1. The fourth-order valence-electron chi connectivity index (χ4n) is 3.35. The molecule has 0 saturated carbocycles. The van der Waals surface area contributed by atoms with E-state index in [1.807, 2.05) is 12.1 Å². The van der Waals surface area contributed by atoms with Crippen molar-refractivity contribution in [3.63, 3.8) is 0 Å². The second kappa shape index (κ2) is 8.36. The number of rotatable bonds is 4. The number of carbonyl (C=O) groups excluding carboxylic acids is 1. The molecule has 1 saturated heterocycles. The molecule has 2 aromatic heterocycles. The van der Waals surface area contributed by atoms with E-state index in [0.717, 1.165) is 0 Å². The zero-order valence-corrected chi connectivity index (χ0v) is 16.0. The molecule has 7 heteroatoms. The maximum absolute atomic E-state index is 14.0. The number of benzene rings is 1. The van der Waals surface area contributed by atoms with E-state index in [4.69, 9.17) is 4.74 Å². The average molecular weight is 392 g/mol. The number of halogens is 1. The fraction of sp³-hybridized carbons (Fsp3) is 0.227. The van der Waals surface area contributed by atoms with E-state index in [2.05, 4.69) is 15.3 Å². The number of amides is 1. The van der Waals surface area contributed by atoms with E-state index in [1.54, 1.807) is 54.7 Å². The van der Waals surface area contributed by atoms with Crippen LogP contribution in [0.25, 0.3) is 11.1 Å². The Kier molecular flexibility index (Phi) is 5.48. The van der Waals surface area contributed by atoms with E-state index in [-0.39, 0.29) is 17.8 Å². The highest BCUT2D eigenvalue weighted by Crippen LogP contribution is 2.26. The molecule has 3 heterocycles. The van der Waals surface area contributed by atoms with Crippen molar-refractivity contribution >= 4 is 11.7 Å². The SMILES string of the molecule is CNc1cc(C(=O)N2CCO[C@@H](c3ccc(-c4ccccc4F)cn3)C2)ccn1. The molecule has 1 N–H and O–H groups in total. The molecule has 1 fully saturated rings. The first-order chi connectivity index (χ1) is 14.2. The topological polar surface area (TPSA) is 67.4 Å². The van der Waals surface area contributed by atoms with Gasteiger partial charge in [-0.1, -0.05) is 24.3 Å². The zero-order chi connectivity index (χ0) is 20.2. The van der Waals surface area contributed by atoms with Gasteiger partial charge in [-0.25, -0.2) is 9.37 Å². The summed E-state index contributed by atoms with van der Waals surface area (Å²) in [7, 11) is 1.76. The number of carbonyl (C=O) groups is 1. The molecular formula is C22H21FN4O2. The second-order valence-electron chi connectivity index (χ2n) is 6.74. The number of pyridine rings is 2. The van der Waals surface area contributed by atoms with E-state index >= 15 is 0 Å². The molecule has 1 aliphatic rings. The summed E-state index contributed by atoms with van der Waals surface area (Å²) < 4.78 is 19.8. The van der Waals surface area contributed by atoms with Crippen LogP contribution in [0.15, 0.2) is 60.9 Å². The number of nitrogens with zero attached hydrogens (tertiary/aromatic N) is 3. The molecule has 29 heavy (non-hydrogen) atoms. The van der Waals surface area contributed by atoms with Crippen molar-refractivity contribution in [3.8, 4) is 11.1 Å². The van der Waals surface area contributed by atoms with E-state index in [9.17, 15) is 9.18 Å². The molecule has 1 aromatic carbocycles. The summed E-state index contributed by atoms with van der Waals surface area (Å²) in [5.74, 6) is 0.289. The zero-order valence-electron chi connectivity index (χ0n) is 16.0. The highest BCUT2D eigenvalue weighted by atomic mass is 19.1. The van der Waals surface area contributed by atoms with Gasteiger partial charge in [-0.3, -0.25) is 9.78 Å². The van der Waals surface area contributed by atoms with Gasteiger partial charge in [0, 0.05) is 42.7 Å². The molecule has 148 valence electrons. The van der Waals surface area contributed by atoms with Crippen LogP contribution in [0.1, 0.15) is 22.2 Å². The Morgan fingerprint density at radius 3 is 2.83 bits per heavy atom. The summed E-state index contributed by atoms with van der Waals surface area (Å²) in [4.78, 5) is 23.2. The molecule has 4 rings (SSSR count). The molecule has 0 bridgehead atoms. The van der Waals surface area contributed by atoms with Gasteiger partial charge in [-0.2, -0.15) is 0 Å². The van der Waals surface area contributed by atoms with Crippen LogP contribution in [-0.2, 0) is 4.74 Å². The van der Waals surface area contributed by atoms with E-state index < -0.39 is 0 Å². The van der Waals surface area contributed by atoms with Gasteiger partial charge in [-0.15, -0.1) is 0 Å². The van der Waals surface area contributed by atoms with Crippen LogP contribution in [0.4, 0.5) is 10.2 Å². The Balaban J connectivity index is 1.49. The van der Waals surface area contributed by atoms with Crippen LogP contribution in [0.3, 0.4) is 0 Å². The lowest BCUT2D eigenvalue weighted by atomic mass is 10.1. The molecular weight excluding hydrogens is 371 g/mol. The lowest BCUT2D eigenvalue weighted by Crippen LogP contribution is -2.42. The predicted octanol–water partition coefficient (Wildman–Crippen LogP) is 3.54. The smallest absolute Gasteiger partial charge is 0.254 e. The van der Waals surface area contributed by atoms with Crippen LogP contribution in [0.5, 0.6) is 0 Å². The standard InChI is InChI=1S/C22H21FN4O2/c1-24-21-12-15(8-9-25-21)22(28)27-10-11-29-20(14-27)19-7-6-16(13-26-19)17-4-2-3-5-18(17)23/h2-9,12-13,20H,10-11,14H2,1H3,(H,24,25)/t20-/m1/s1. The van der Waals surface area contributed by atoms with Crippen molar-refractivity contribution < 1.29 is 13.9 Å². The lowest BCUT2D eigenvalue weighted by molar-refractivity contribution is -0.0247. The maximum atomic E-state index is 14.0. The van der Waals surface area contributed by atoms with Crippen molar-refractivity contribution in [2.75, 3.05) is 32.1 Å². The quantitative estimate of drug-likeness (QED) is 0.736. The Labute approximate surface area is 168 Å². The van der Waals surface area contributed by atoms with E-state index in [0.29, 0.717) is 47.9 Å². The summed E-state index contributed by atoms with van der Waals surface area (Å²) in [6.45, 7) is 1.35. The predicted molar refractivity (Wildman–Crippen MR) is 108 cm³/mol. The van der Waals surface area contributed by atoms with Gasteiger partial charge in [-0.05, 0) is 24.3 Å². The normalized spacial score (nSPS) is 16.5. The molecule has 1 atom stereocenters. The molecule has 0 spiro atoms. The summed E-state index contributed by atoms with van der Waals surface area (Å²) in [6.07, 6.45) is 2.92. The van der Waals surface area contributed by atoms with Crippen LogP contribution in [0, 0.1) is 5.82 Å².